The first-order chi connectivity index (χ1) is 14.8. The van der Waals surface area contributed by atoms with E-state index in [1.165, 1.54) is 4.68 Å². The molecule has 1 amide bonds. The Balaban J connectivity index is 1.78. The molecule has 0 aliphatic carbocycles. The highest BCUT2D eigenvalue weighted by atomic mass is 16.2. The fourth-order valence-corrected chi connectivity index (χ4v) is 3.81. The van der Waals surface area contributed by atoms with Crippen LogP contribution >= 0.6 is 0 Å². The summed E-state index contributed by atoms with van der Waals surface area (Å²) in [5, 5.41) is 8.87. The standard InChI is InChI=1S/C26H25N3O2/c1-16-10-12-23(19(4)13-16)27-24(30)15-29-26(31)21-8-6-5-7-20(21)25(28-29)22-14-17(2)9-11-18(22)3/h5-14H,15H2,1-4H3,(H,27,30). The minimum absolute atomic E-state index is 0.158. The number of anilines is 1. The van der Waals surface area contributed by atoms with Crippen molar-refractivity contribution in [3.05, 3.63) is 93.3 Å². The molecular formula is C26H25N3O2. The molecule has 0 saturated heterocycles. The zero-order chi connectivity index (χ0) is 22.1. The number of rotatable bonds is 4. The van der Waals surface area contributed by atoms with Gasteiger partial charge >= 0.3 is 0 Å². The number of amides is 1. The SMILES string of the molecule is Cc1ccc(NC(=O)Cn2nc(-c3cc(C)ccc3C)c3ccccc3c2=O)c(C)c1. The van der Waals surface area contributed by atoms with Gasteiger partial charge in [0.15, 0.2) is 0 Å². The Morgan fingerprint density at radius 2 is 1.55 bits per heavy atom. The minimum atomic E-state index is -0.288. The number of benzene rings is 3. The average Bonchev–Trinajstić information content (AvgIpc) is 2.74. The van der Waals surface area contributed by atoms with Crippen LogP contribution in [-0.4, -0.2) is 15.7 Å². The van der Waals surface area contributed by atoms with E-state index in [1.54, 1.807) is 6.07 Å². The van der Waals surface area contributed by atoms with Crippen molar-refractivity contribution in [1.29, 1.82) is 0 Å². The number of nitrogens with one attached hydrogen (secondary N) is 1. The molecule has 5 heteroatoms. The summed E-state index contributed by atoms with van der Waals surface area (Å²) in [4.78, 5) is 25.8. The highest BCUT2D eigenvalue weighted by Crippen LogP contribution is 2.28. The summed E-state index contributed by atoms with van der Waals surface area (Å²) in [5.41, 5.74) is 6.39. The van der Waals surface area contributed by atoms with Crippen molar-refractivity contribution in [2.75, 3.05) is 5.32 Å². The van der Waals surface area contributed by atoms with E-state index in [4.69, 9.17) is 0 Å². The molecule has 5 nitrogen and oxygen atoms in total. The zero-order valence-electron chi connectivity index (χ0n) is 18.2. The second kappa shape index (κ2) is 8.19. The monoisotopic (exact) mass is 411 g/mol. The molecule has 0 aliphatic rings. The van der Waals surface area contributed by atoms with Crippen LogP contribution in [0.4, 0.5) is 5.69 Å². The van der Waals surface area contributed by atoms with Gasteiger partial charge in [0.1, 0.15) is 6.54 Å². The Kier molecular flexibility index (Phi) is 5.42. The molecule has 156 valence electrons. The van der Waals surface area contributed by atoms with E-state index in [0.29, 0.717) is 11.1 Å². The van der Waals surface area contributed by atoms with E-state index in [0.717, 1.165) is 38.9 Å². The van der Waals surface area contributed by atoms with E-state index in [9.17, 15) is 9.59 Å². The van der Waals surface area contributed by atoms with Gasteiger partial charge in [0.25, 0.3) is 5.56 Å². The molecule has 4 aromatic rings. The lowest BCUT2D eigenvalue weighted by molar-refractivity contribution is -0.117. The fraction of sp³-hybridized carbons (Fsp3) is 0.192. The van der Waals surface area contributed by atoms with E-state index in [1.807, 2.05) is 76.2 Å². The normalized spacial score (nSPS) is 11.0. The number of fused-ring (bicyclic) bond motifs is 1. The number of nitrogens with zero attached hydrogens (tertiary/aromatic N) is 2. The van der Waals surface area contributed by atoms with Gasteiger partial charge in [-0.2, -0.15) is 5.10 Å². The van der Waals surface area contributed by atoms with Gasteiger partial charge in [0.05, 0.1) is 11.1 Å². The summed E-state index contributed by atoms with van der Waals surface area (Å²) in [6.07, 6.45) is 0. The number of hydrogen-bond acceptors (Lipinski definition) is 3. The maximum Gasteiger partial charge on any atom is 0.275 e. The summed E-state index contributed by atoms with van der Waals surface area (Å²) < 4.78 is 1.26. The summed E-state index contributed by atoms with van der Waals surface area (Å²) in [6, 6.07) is 19.4. The van der Waals surface area contributed by atoms with Crippen LogP contribution in [0, 0.1) is 27.7 Å². The second-order valence-electron chi connectivity index (χ2n) is 8.04. The van der Waals surface area contributed by atoms with Crippen LogP contribution in [0.2, 0.25) is 0 Å². The van der Waals surface area contributed by atoms with Crippen LogP contribution in [0.15, 0.2) is 65.5 Å². The maximum atomic E-state index is 13.1. The first-order valence-electron chi connectivity index (χ1n) is 10.3. The number of hydrogen-bond donors (Lipinski definition) is 1. The second-order valence-corrected chi connectivity index (χ2v) is 8.04. The van der Waals surface area contributed by atoms with Crippen molar-refractivity contribution < 1.29 is 4.79 Å². The number of carbonyl (C=O) groups excluding carboxylic acids is 1. The van der Waals surface area contributed by atoms with Gasteiger partial charge in [0.2, 0.25) is 5.91 Å². The summed E-state index contributed by atoms with van der Waals surface area (Å²) in [7, 11) is 0. The Labute approximate surface area is 181 Å². The van der Waals surface area contributed by atoms with Gasteiger partial charge < -0.3 is 5.32 Å². The predicted molar refractivity (Wildman–Crippen MR) is 125 cm³/mol. The number of aromatic nitrogens is 2. The molecule has 4 rings (SSSR count). The van der Waals surface area contributed by atoms with Gasteiger partial charge in [0, 0.05) is 16.6 Å². The third-order valence-corrected chi connectivity index (χ3v) is 5.47. The molecule has 0 unspecified atom stereocenters. The third-order valence-electron chi connectivity index (χ3n) is 5.47. The lowest BCUT2D eigenvalue weighted by Gasteiger charge is -2.14. The third kappa shape index (κ3) is 4.12. The topological polar surface area (TPSA) is 64.0 Å². The van der Waals surface area contributed by atoms with Crippen LogP contribution < -0.4 is 10.9 Å². The van der Waals surface area contributed by atoms with Crippen LogP contribution in [-0.2, 0) is 11.3 Å². The lowest BCUT2D eigenvalue weighted by atomic mass is 9.99. The molecule has 1 N–H and O–H groups in total. The minimum Gasteiger partial charge on any atom is -0.324 e. The van der Waals surface area contributed by atoms with Gasteiger partial charge in [-0.3, -0.25) is 9.59 Å². The Bertz CT molecular complexity index is 1370. The summed E-state index contributed by atoms with van der Waals surface area (Å²) >= 11 is 0. The van der Waals surface area contributed by atoms with E-state index < -0.39 is 0 Å². The van der Waals surface area contributed by atoms with Crippen molar-refractivity contribution in [2.45, 2.75) is 34.2 Å². The fourth-order valence-electron chi connectivity index (χ4n) is 3.81. The first kappa shape index (κ1) is 20.5. The Morgan fingerprint density at radius 1 is 0.871 bits per heavy atom. The number of carbonyl (C=O) groups is 1. The van der Waals surface area contributed by atoms with Crippen molar-refractivity contribution in [2.24, 2.45) is 0 Å². The molecule has 0 atom stereocenters. The molecule has 0 saturated carbocycles. The van der Waals surface area contributed by atoms with Crippen LogP contribution in [0.3, 0.4) is 0 Å². The van der Waals surface area contributed by atoms with Gasteiger partial charge in [-0.25, -0.2) is 4.68 Å². The van der Waals surface area contributed by atoms with Crippen molar-refractivity contribution in [3.8, 4) is 11.3 Å². The van der Waals surface area contributed by atoms with Crippen LogP contribution in [0.1, 0.15) is 22.3 Å². The quantitative estimate of drug-likeness (QED) is 0.518. The molecule has 0 fully saturated rings. The van der Waals surface area contributed by atoms with Gasteiger partial charge in [-0.15, -0.1) is 0 Å². The molecular weight excluding hydrogens is 386 g/mol. The average molecular weight is 412 g/mol. The van der Waals surface area contributed by atoms with E-state index >= 15 is 0 Å². The van der Waals surface area contributed by atoms with Crippen molar-refractivity contribution in [1.82, 2.24) is 9.78 Å². The number of aryl methyl sites for hydroxylation is 4. The molecule has 0 bridgehead atoms. The molecule has 1 aromatic heterocycles. The zero-order valence-corrected chi connectivity index (χ0v) is 18.2. The van der Waals surface area contributed by atoms with Crippen LogP contribution in [0.25, 0.3) is 22.0 Å². The maximum absolute atomic E-state index is 13.1. The highest BCUT2D eigenvalue weighted by Gasteiger charge is 2.16. The Morgan fingerprint density at radius 3 is 2.29 bits per heavy atom. The lowest BCUT2D eigenvalue weighted by Crippen LogP contribution is -2.30. The Hall–Kier alpha value is -3.73. The van der Waals surface area contributed by atoms with Gasteiger partial charge in [-0.05, 0) is 57.0 Å². The first-order valence-corrected chi connectivity index (χ1v) is 10.3. The molecule has 0 spiro atoms. The molecule has 0 aliphatic heterocycles. The van der Waals surface area contributed by atoms with Crippen LogP contribution in [0.5, 0.6) is 0 Å². The largest absolute Gasteiger partial charge is 0.324 e. The highest BCUT2D eigenvalue weighted by molar-refractivity contribution is 5.95. The molecule has 3 aromatic carbocycles. The predicted octanol–water partition coefficient (Wildman–Crippen LogP) is 4.94. The summed E-state index contributed by atoms with van der Waals surface area (Å²) in [6.45, 7) is 7.84. The molecule has 1 heterocycles. The van der Waals surface area contributed by atoms with E-state index in [-0.39, 0.29) is 18.0 Å². The molecule has 31 heavy (non-hydrogen) atoms. The van der Waals surface area contributed by atoms with E-state index in [2.05, 4.69) is 16.5 Å². The molecule has 0 radical (unpaired) electrons. The smallest absolute Gasteiger partial charge is 0.275 e. The van der Waals surface area contributed by atoms with Crippen molar-refractivity contribution in [3.63, 3.8) is 0 Å². The summed E-state index contributed by atoms with van der Waals surface area (Å²) in [5.74, 6) is -0.288. The van der Waals surface area contributed by atoms with Gasteiger partial charge in [-0.1, -0.05) is 53.6 Å². The van der Waals surface area contributed by atoms with Crippen molar-refractivity contribution >= 4 is 22.4 Å².